The van der Waals surface area contributed by atoms with Gasteiger partial charge in [-0.15, -0.1) is 23.5 Å². The van der Waals surface area contributed by atoms with E-state index >= 15 is 0 Å². The highest BCUT2D eigenvalue weighted by Crippen LogP contribution is 2.58. The topological polar surface area (TPSA) is 26.3 Å². The minimum atomic E-state index is -0.277. The van der Waals surface area contributed by atoms with Gasteiger partial charge in [0, 0.05) is 5.92 Å². The standard InChI is InChI=1S/C22H21FO2S2/c1-25-21(24)19-17(14-6-3-2-4-7-14)18(15-8-10-16(23)11-9-15)20(19)22-26-12-5-13-27-22/h2-4,6-11,17,19,22H,5,12-13H2,1H3/t17-,19+/m1/s1. The summed E-state index contributed by atoms with van der Waals surface area (Å²) in [5, 5.41) is 0. The average molecular weight is 401 g/mol. The first-order chi connectivity index (χ1) is 13.2. The lowest BCUT2D eigenvalue weighted by Crippen LogP contribution is -2.39. The maximum atomic E-state index is 13.5. The quantitative estimate of drug-likeness (QED) is 0.645. The van der Waals surface area contributed by atoms with Crippen molar-refractivity contribution in [3.63, 3.8) is 0 Å². The number of methoxy groups -OCH3 is 1. The monoisotopic (exact) mass is 400 g/mol. The van der Waals surface area contributed by atoms with Crippen LogP contribution in [0.3, 0.4) is 0 Å². The van der Waals surface area contributed by atoms with E-state index in [1.54, 1.807) is 0 Å². The summed E-state index contributed by atoms with van der Waals surface area (Å²) >= 11 is 3.80. The van der Waals surface area contributed by atoms with Gasteiger partial charge in [0.2, 0.25) is 0 Å². The minimum absolute atomic E-state index is 0.0535. The molecule has 1 saturated heterocycles. The van der Waals surface area contributed by atoms with Crippen LogP contribution in [0.1, 0.15) is 23.5 Å². The van der Waals surface area contributed by atoms with Gasteiger partial charge in [-0.1, -0.05) is 42.5 Å². The highest BCUT2D eigenvalue weighted by atomic mass is 32.2. The number of ether oxygens (including phenoxy) is 1. The van der Waals surface area contributed by atoms with Crippen LogP contribution in [0.5, 0.6) is 0 Å². The van der Waals surface area contributed by atoms with Gasteiger partial charge in [-0.05, 0) is 52.3 Å². The number of halogens is 1. The van der Waals surface area contributed by atoms with Crippen LogP contribution in [-0.4, -0.2) is 29.2 Å². The number of carbonyl (C=O) groups excluding carboxylic acids is 1. The fourth-order valence-electron chi connectivity index (χ4n) is 3.92. The number of rotatable bonds is 4. The summed E-state index contributed by atoms with van der Waals surface area (Å²) in [7, 11) is 1.46. The zero-order valence-corrected chi connectivity index (χ0v) is 16.7. The number of hydrogen-bond donors (Lipinski definition) is 0. The Morgan fingerprint density at radius 2 is 1.70 bits per heavy atom. The number of benzene rings is 2. The summed E-state index contributed by atoms with van der Waals surface area (Å²) in [4.78, 5) is 12.7. The maximum Gasteiger partial charge on any atom is 0.313 e. The Kier molecular flexibility index (Phi) is 5.60. The summed E-state index contributed by atoms with van der Waals surface area (Å²) in [5.74, 6) is 1.44. The van der Waals surface area contributed by atoms with Crippen LogP contribution in [0.2, 0.25) is 0 Å². The molecule has 1 heterocycles. The first-order valence-corrected chi connectivity index (χ1v) is 11.2. The molecule has 0 N–H and O–H groups in total. The largest absolute Gasteiger partial charge is 0.469 e. The number of hydrogen-bond acceptors (Lipinski definition) is 4. The molecular formula is C22H21FO2S2. The molecule has 0 aromatic heterocycles. The van der Waals surface area contributed by atoms with Gasteiger partial charge in [0.15, 0.2) is 0 Å². The molecule has 140 valence electrons. The van der Waals surface area contributed by atoms with Crippen LogP contribution >= 0.6 is 23.5 Å². The Balaban J connectivity index is 1.85. The van der Waals surface area contributed by atoms with Crippen molar-refractivity contribution in [2.24, 2.45) is 5.92 Å². The normalized spacial score (nSPS) is 23.0. The van der Waals surface area contributed by atoms with Crippen molar-refractivity contribution in [3.8, 4) is 0 Å². The van der Waals surface area contributed by atoms with Crippen LogP contribution in [0.25, 0.3) is 5.57 Å². The lowest BCUT2D eigenvalue weighted by molar-refractivity contribution is -0.144. The van der Waals surface area contributed by atoms with E-state index in [-0.39, 0.29) is 28.2 Å². The second-order valence-corrected chi connectivity index (χ2v) is 9.42. The summed E-state index contributed by atoms with van der Waals surface area (Å²) in [6, 6.07) is 16.7. The van der Waals surface area contributed by atoms with Crippen molar-refractivity contribution in [3.05, 3.63) is 77.1 Å². The summed E-state index contributed by atoms with van der Waals surface area (Å²) in [6.07, 6.45) is 1.19. The molecule has 0 unspecified atom stereocenters. The SMILES string of the molecule is COC(=O)[C@@H]1C(C2SCCCS2)=C(c2ccc(F)cc2)[C@H]1c1ccccc1. The lowest BCUT2D eigenvalue weighted by atomic mass is 9.63. The molecule has 0 saturated carbocycles. The molecule has 2 aromatic carbocycles. The number of esters is 1. The zero-order valence-electron chi connectivity index (χ0n) is 15.1. The summed E-state index contributed by atoms with van der Waals surface area (Å²) in [5.41, 5.74) is 4.40. The van der Waals surface area contributed by atoms with E-state index in [1.807, 2.05) is 53.9 Å². The molecule has 0 amide bonds. The van der Waals surface area contributed by atoms with Crippen molar-refractivity contribution in [1.29, 1.82) is 0 Å². The van der Waals surface area contributed by atoms with Crippen molar-refractivity contribution >= 4 is 35.1 Å². The van der Waals surface area contributed by atoms with E-state index in [9.17, 15) is 9.18 Å². The molecule has 2 aliphatic rings. The fourth-order valence-corrected chi connectivity index (χ4v) is 7.02. The number of thioether (sulfide) groups is 2. The van der Waals surface area contributed by atoms with Gasteiger partial charge in [-0.25, -0.2) is 4.39 Å². The summed E-state index contributed by atoms with van der Waals surface area (Å²) < 4.78 is 18.9. The molecule has 5 heteroatoms. The molecule has 0 bridgehead atoms. The van der Waals surface area contributed by atoms with Gasteiger partial charge < -0.3 is 4.74 Å². The van der Waals surface area contributed by atoms with Crippen LogP contribution < -0.4 is 0 Å². The van der Waals surface area contributed by atoms with E-state index in [0.717, 1.165) is 33.8 Å². The molecule has 4 rings (SSSR count). The molecule has 1 aliphatic carbocycles. The Labute approximate surface area is 167 Å². The van der Waals surface area contributed by atoms with Crippen molar-refractivity contribution < 1.29 is 13.9 Å². The van der Waals surface area contributed by atoms with Crippen LogP contribution in [0, 0.1) is 11.7 Å². The second kappa shape index (κ2) is 8.11. The van der Waals surface area contributed by atoms with Gasteiger partial charge in [-0.3, -0.25) is 4.79 Å². The molecular weight excluding hydrogens is 379 g/mol. The molecule has 27 heavy (non-hydrogen) atoms. The molecule has 0 radical (unpaired) electrons. The predicted octanol–water partition coefficient (Wildman–Crippen LogP) is 5.36. The van der Waals surface area contributed by atoms with E-state index in [1.165, 1.54) is 25.7 Å². The first-order valence-electron chi connectivity index (χ1n) is 9.06. The highest BCUT2D eigenvalue weighted by molar-refractivity contribution is 8.17. The van der Waals surface area contributed by atoms with Gasteiger partial charge in [0.05, 0.1) is 17.6 Å². The molecule has 2 atom stereocenters. The Morgan fingerprint density at radius 1 is 1.04 bits per heavy atom. The van der Waals surface area contributed by atoms with Gasteiger partial charge in [-0.2, -0.15) is 0 Å². The Morgan fingerprint density at radius 3 is 2.33 bits per heavy atom. The van der Waals surface area contributed by atoms with Crippen molar-refractivity contribution in [2.75, 3.05) is 18.6 Å². The third kappa shape index (κ3) is 3.55. The minimum Gasteiger partial charge on any atom is -0.469 e. The molecule has 1 aliphatic heterocycles. The van der Waals surface area contributed by atoms with E-state index in [4.69, 9.17) is 4.74 Å². The predicted molar refractivity (Wildman–Crippen MR) is 111 cm³/mol. The molecule has 0 spiro atoms. The van der Waals surface area contributed by atoms with Crippen molar-refractivity contribution in [2.45, 2.75) is 16.9 Å². The van der Waals surface area contributed by atoms with E-state index in [2.05, 4.69) is 12.1 Å². The fraction of sp³-hybridized carbons (Fsp3) is 0.318. The van der Waals surface area contributed by atoms with Crippen LogP contribution in [0.15, 0.2) is 60.2 Å². The van der Waals surface area contributed by atoms with E-state index in [0.29, 0.717) is 0 Å². The average Bonchev–Trinajstić information content (AvgIpc) is 2.70. The maximum absolute atomic E-state index is 13.5. The zero-order chi connectivity index (χ0) is 18.8. The smallest absolute Gasteiger partial charge is 0.313 e. The van der Waals surface area contributed by atoms with E-state index < -0.39 is 0 Å². The van der Waals surface area contributed by atoms with Gasteiger partial charge in [0.25, 0.3) is 0 Å². The third-order valence-corrected chi connectivity index (χ3v) is 8.12. The number of carbonyl (C=O) groups is 1. The Hall–Kier alpha value is -1.72. The molecule has 2 aromatic rings. The Bertz CT molecular complexity index is 842. The number of allylic oxidation sites excluding steroid dienone is 1. The molecule has 2 nitrogen and oxygen atoms in total. The highest BCUT2D eigenvalue weighted by Gasteiger charge is 2.49. The van der Waals surface area contributed by atoms with Crippen LogP contribution in [-0.2, 0) is 9.53 Å². The first kappa shape index (κ1) is 18.6. The van der Waals surface area contributed by atoms with Gasteiger partial charge in [0.1, 0.15) is 5.82 Å². The lowest BCUT2D eigenvalue weighted by Gasteiger charge is -2.44. The second-order valence-electron chi connectivity index (χ2n) is 6.69. The third-order valence-electron chi connectivity index (χ3n) is 5.14. The molecule has 1 fully saturated rings. The van der Waals surface area contributed by atoms with Crippen molar-refractivity contribution in [1.82, 2.24) is 0 Å². The van der Waals surface area contributed by atoms with Crippen LogP contribution in [0.4, 0.5) is 4.39 Å². The summed E-state index contributed by atoms with van der Waals surface area (Å²) in [6.45, 7) is 0. The van der Waals surface area contributed by atoms with Gasteiger partial charge >= 0.3 is 5.97 Å².